The fourth-order valence-corrected chi connectivity index (χ4v) is 4.63. The highest BCUT2D eigenvalue weighted by Gasteiger charge is 2.53. The Labute approximate surface area is 109 Å². The average Bonchev–Trinajstić information content (AvgIpc) is 2.60. The smallest absolute Gasteiger partial charge is 0.00253 e. The Balaban J connectivity index is 2.16. The maximum absolute atomic E-state index is 2.50. The lowest BCUT2D eigenvalue weighted by atomic mass is 9.57. The van der Waals surface area contributed by atoms with Crippen molar-refractivity contribution in [1.82, 2.24) is 0 Å². The summed E-state index contributed by atoms with van der Waals surface area (Å²) in [5, 5.41) is 2.99. The molecule has 0 aromatic heterocycles. The van der Waals surface area contributed by atoms with Gasteiger partial charge in [0.1, 0.15) is 0 Å². The predicted molar refractivity (Wildman–Crippen MR) is 77.1 cm³/mol. The molecule has 0 spiro atoms. The van der Waals surface area contributed by atoms with Crippen LogP contribution in [0.1, 0.15) is 50.7 Å². The van der Waals surface area contributed by atoms with Crippen molar-refractivity contribution >= 4 is 10.8 Å². The van der Waals surface area contributed by atoms with Crippen LogP contribution in [0.4, 0.5) is 0 Å². The molecule has 2 aliphatic rings. The van der Waals surface area contributed by atoms with Gasteiger partial charge in [-0.25, -0.2) is 0 Å². The third-order valence-corrected chi connectivity index (χ3v) is 5.91. The van der Waals surface area contributed by atoms with E-state index < -0.39 is 0 Å². The molecule has 92 valence electrons. The van der Waals surface area contributed by atoms with E-state index >= 15 is 0 Å². The summed E-state index contributed by atoms with van der Waals surface area (Å²) >= 11 is 0. The first kappa shape index (κ1) is 10.6. The lowest BCUT2D eigenvalue weighted by molar-refractivity contribution is 0.184. The van der Waals surface area contributed by atoms with Gasteiger partial charge in [-0.2, -0.15) is 0 Å². The molecule has 0 aliphatic heterocycles. The first-order valence-corrected chi connectivity index (χ1v) is 7.20. The van der Waals surface area contributed by atoms with E-state index in [1.165, 1.54) is 31.1 Å². The van der Waals surface area contributed by atoms with Crippen LogP contribution in [0.25, 0.3) is 10.8 Å². The molecule has 0 heterocycles. The van der Waals surface area contributed by atoms with Crippen LogP contribution in [0.3, 0.4) is 0 Å². The van der Waals surface area contributed by atoms with Crippen LogP contribution in [-0.2, 0) is 10.8 Å². The summed E-state index contributed by atoms with van der Waals surface area (Å²) < 4.78 is 0. The van der Waals surface area contributed by atoms with Crippen LogP contribution in [0, 0.1) is 0 Å². The molecule has 0 radical (unpaired) electrons. The largest absolute Gasteiger partial charge is 0.0613 e. The zero-order valence-corrected chi connectivity index (χ0v) is 11.3. The van der Waals surface area contributed by atoms with Crippen LogP contribution in [-0.4, -0.2) is 0 Å². The van der Waals surface area contributed by atoms with Crippen LogP contribution in [0.2, 0.25) is 0 Å². The van der Waals surface area contributed by atoms with Crippen molar-refractivity contribution in [1.29, 1.82) is 0 Å². The molecule has 4 rings (SSSR count). The normalized spacial score (nSPS) is 33.7. The van der Waals surface area contributed by atoms with Gasteiger partial charge in [0.15, 0.2) is 0 Å². The van der Waals surface area contributed by atoms with Crippen molar-refractivity contribution in [3.05, 3.63) is 47.5 Å². The van der Waals surface area contributed by atoms with Crippen LogP contribution in [0.5, 0.6) is 0 Å². The second-order valence-electron chi connectivity index (χ2n) is 6.58. The molecule has 0 amide bonds. The highest BCUT2D eigenvalue weighted by Crippen LogP contribution is 2.60. The topological polar surface area (TPSA) is 0 Å². The fourth-order valence-electron chi connectivity index (χ4n) is 4.63. The second kappa shape index (κ2) is 3.17. The minimum absolute atomic E-state index is 0.356. The lowest BCUT2D eigenvalue weighted by Crippen LogP contribution is -2.43. The van der Waals surface area contributed by atoms with Gasteiger partial charge in [-0.05, 0) is 34.7 Å². The Hall–Kier alpha value is -1.30. The summed E-state index contributed by atoms with van der Waals surface area (Å²) in [5.41, 5.74) is 3.93. The molecule has 1 fully saturated rings. The minimum Gasteiger partial charge on any atom is -0.0613 e. The van der Waals surface area contributed by atoms with Crippen molar-refractivity contribution in [2.45, 2.75) is 50.4 Å². The van der Waals surface area contributed by atoms with E-state index in [0.29, 0.717) is 10.8 Å². The van der Waals surface area contributed by atoms with Crippen molar-refractivity contribution in [3.63, 3.8) is 0 Å². The van der Waals surface area contributed by atoms with E-state index in [0.717, 1.165) is 0 Å². The molecule has 0 nitrogen and oxygen atoms in total. The molecule has 2 aliphatic carbocycles. The lowest BCUT2D eigenvalue weighted by Gasteiger charge is -2.47. The summed E-state index contributed by atoms with van der Waals surface area (Å²) in [5.74, 6) is 0. The van der Waals surface area contributed by atoms with Crippen molar-refractivity contribution < 1.29 is 0 Å². The predicted octanol–water partition coefficient (Wildman–Crippen LogP) is 4.94. The van der Waals surface area contributed by atoms with E-state index in [1.807, 2.05) is 0 Å². The molecular weight excluding hydrogens is 216 g/mol. The minimum atomic E-state index is 0.356. The van der Waals surface area contributed by atoms with Gasteiger partial charge in [0, 0.05) is 10.8 Å². The maximum atomic E-state index is 2.50. The van der Waals surface area contributed by atoms with Gasteiger partial charge in [0.2, 0.25) is 0 Å². The van der Waals surface area contributed by atoms with Crippen molar-refractivity contribution in [3.8, 4) is 0 Å². The van der Waals surface area contributed by atoms with Crippen LogP contribution < -0.4 is 0 Å². The molecule has 2 aromatic carbocycles. The summed E-state index contributed by atoms with van der Waals surface area (Å²) in [4.78, 5) is 0. The standard InChI is InChI=1S/C18H20/c1-17-11-3-4-12-18(17,2)15-10-6-8-13-7-5-9-14(17)16(13)15/h5-10H,3-4,11-12H2,1-2H3/t17-,18+. The SMILES string of the molecule is C[C@@]12CCCC[C@]1(C)c1cccc3cccc2c13. The molecule has 2 atom stereocenters. The van der Waals surface area contributed by atoms with Gasteiger partial charge in [-0.15, -0.1) is 0 Å². The molecule has 18 heavy (non-hydrogen) atoms. The highest BCUT2D eigenvalue weighted by atomic mass is 14.6. The number of hydrogen-bond acceptors (Lipinski definition) is 0. The van der Waals surface area contributed by atoms with Gasteiger partial charge in [-0.1, -0.05) is 63.1 Å². The Morgan fingerprint density at radius 1 is 0.778 bits per heavy atom. The van der Waals surface area contributed by atoms with E-state index in [9.17, 15) is 0 Å². The van der Waals surface area contributed by atoms with E-state index in [-0.39, 0.29) is 0 Å². The van der Waals surface area contributed by atoms with Crippen molar-refractivity contribution in [2.24, 2.45) is 0 Å². The van der Waals surface area contributed by atoms with Crippen LogP contribution in [0.15, 0.2) is 36.4 Å². The number of rotatable bonds is 0. The highest BCUT2D eigenvalue weighted by molar-refractivity contribution is 5.94. The maximum Gasteiger partial charge on any atom is 0.00253 e. The third kappa shape index (κ3) is 0.993. The summed E-state index contributed by atoms with van der Waals surface area (Å²) in [7, 11) is 0. The molecular formula is C18H20. The molecule has 0 saturated heterocycles. The Kier molecular flexibility index (Phi) is 1.87. The van der Waals surface area contributed by atoms with Crippen LogP contribution >= 0.6 is 0 Å². The molecule has 0 bridgehead atoms. The molecule has 0 unspecified atom stereocenters. The van der Waals surface area contributed by atoms with Gasteiger partial charge < -0.3 is 0 Å². The van der Waals surface area contributed by atoms with Crippen molar-refractivity contribution in [2.75, 3.05) is 0 Å². The Bertz CT molecular complexity index is 587. The summed E-state index contributed by atoms with van der Waals surface area (Å²) in [6, 6.07) is 13.8. The summed E-state index contributed by atoms with van der Waals surface area (Å²) in [6.45, 7) is 5.00. The monoisotopic (exact) mass is 236 g/mol. The number of hydrogen-bond donors (Lipinski definition) is 0. The number of benzene rings is 2. The zero-order chi connectivity index (χ0) is 12.4. The van der Waals surface area contributed by atoms with E-state index in [4.69, 9.17) is 0 Å². The average molecular weight is 236 g/mol. The fraction of sp³-hybridized carbons (Fsp3) is 0.444. The third-order valence-electron chi connectivity index (χ3n) is 5.91. The van der Waals surface area contributed by atoms with E-state index in [1.54, 1.807) is 16.5 Å². The molecule has 1 saturated carbocycles. The van der Waals surface area contributed by atoms with Gasteiger partial charge in [0.25, 0.3) is 0 Å². The zero-order valence-electron chi connectivity index (χ0n) is 11.3. The van der Waals surface area contributed by atoms with Gasteiger partial charge in [-0.3, -0.25) is 0 Å². The molecule has 0 heteroatoms. The first-order valence-electron chi connectivity index (χ1n) is 7.20. The van der Waals surface area contributed by atoms with E-state index in [2.05, 4.69) is 50.2 Å². The van der Waals surface area contributed by atoms with Gasteiger partial charge in [0.05, 0.1) is 0 Å². The molecule has 0 N–H and O–H groups in total. The second-order valence-corrected chi connectivity index (χ2v) is 6.58. The quantitative estimate of drug-likeness (QED) is 0.607. The number of fused-ring (bicyclic) bond motifs is 3. The Morgan fingerprint density at radius 2 is 1.28 bits per heavy atom. The first-order chi connectivity index (χ1) is 8.67. The Morgan fingerprint density at radius 3 is 1.78 bits per heavy atom. The summed E-state index contributed by atoms with van der Waals surface area (Å²) in [6.07, 6.45) is 5.46. The molecule has 2 aromatic rings. The van der Waals surface area contributed by atoms with Gasteiger partial charge >= 0.3 is 0 Å².